The van der Waals surface area contributed by atoms with Crippen LogP contribution in [0.25, 0.3) is 22.0 Å². The Hall–Kier alpha value is -3.14. The predicted octanol–water partition coefficient (Wildman–Crippen LogP) is 6.62. The van der Waals surface area contributed by atoms with E-state index >= 15 is 0 Å². The van der Waals surface area contributed by atoms with Crippen molar-refractivity contribution in [2.75, 3.05) is 24.2 Å². The summed E-state index contributed by atoms with van der Waals surface area (Å²) in [6.07, 6.45) is -3.01. The Balaban J connectivity index is 0.00000432. The maximum absolute atomic E-state index is 14.6. The van der Waals surface area contributed by atoms with Crippen LogP contribution in [0.2, 0.25) is 0 Å². The zero-order chi connectivity index (χ0) is 25.3. The lowest BCUT2D eigenvalue weighted by atomic mass is 9.89. The molecular formula is C24H28ClF4N5O. The van der Waals surface area contributed by atoms with Gasteiger partial charge in [-0.15, -0.1) is 12.4 Å². The smallest absolute Gasteiger partial charge is 0.373 e. The summed E-state index contributed by atoms with van der Waals surface area (Å²) in [5.41, 5.74) is 1.47. The number of nitrogens with zero attached hydrogens (tertiary/aromatic N) is 2. The minimum absolute atomic E-state index is 0. The summed E-state index contributed by atoms with van der Waals surface area (Å²) < 4.78 is 53.5. The molecule has 0 fully saturated rings. The summed E-state index contributed by atoms with van der Waals surface area (Å²) in [5, 5.41) is 8.52. The molecule has 190 valence electrons. The molecule has 0 atom stereocenters. The van der Waals surface area contributed by atoms with E-state index in [-0.39, 0.29) is 31.1 Å². The highest BCUT2D eigenvalue weighted by Crippen LogP contribution is 2.40. The summed E-state index contributed by atoms with van der Waals surface area (Å²) >= 11 is 0. The number of aryl methyl sites for hydroxylation is 2. The van der Waals surface area contributed by atoms with Gasteiger partial charge >= 0.3 is 12.2 Å². The van der Waals surface area contributed by atoms with Gasteiger partial charge in [-0.25, -0.2) is 14.2 Å². The van der Waals surface area contributed by atoms with Gasteiger partial charge in [-0.1, -0.05) is 13.8 Å². The average Bonchev–Trinajstić information content (AvgIpc) is 2.74. The van der Waals surface area contributed by atoms with Gasteiger partial charge in [0.05, 0.1) is 16.6 Å². The molecule has 0 spiro atoms. The molecule has 11 heteroatoms. The van der Waals surface area contributed by atoms with Crippen molar-refractivity contribution in [2.45, 2.75) is 40.3 Å². The molecule has 0 aliphatic rings. The minimum atomic E-state index is -4.39. The molecule has 0 saturated heterocycles. The first-order chi connectivity index (χ1) is 15.8. The highest BCUT2D eigenvalue weighted by atomic mass is 35.5. The molecule has 3 N–H and O–H groups in total. The van der Waals surface area contributed by atoms with E-state index in [9.17, 15) is 22.4 Å². The highest BCUT2D eigenvalue weighted by molar-refractivity contribution is 5.92. The average molecular weight is 514 g/mol. The Bertz CT molecular complexity index is 1230. The molecule has 0 aliphatic heterocycles. The monoisotopic (exact) mass is 513 g/mol. The van der Waals surface area contributed by atoms with Crippen LogP contribution in [0.4, 0.5) is 33.9 Å². The van der Waals surface area contributed by atoms with Gasteiger partial charge in [0.2, 0.25) is 0 Å². The number of nitrogens with one attached hydrogen (secondary N) is 3. The van der Waals surface area contributed by atoms with Gasteiger partial charge < -0.3 is 16.0 Å². The number of carbonyl (C=O) groups is 1. The van der Waals surface area contributed by atoms with Gasteiger partial charge in [-0.3, -0.25) is 4.98 Å². The quantitative estimate of drug-likeness (QED) is 0.324. The molecule has 2 amide bonds. The number of halogens is 5. The van der Waals surface area contributed by atoms with Crippen LogP contribution in [0.1, 0.15) is 31.5 Å². The van der Waals surface area contributed by atoms with Crippen molar-refractivity contribution >= 4 is 40.8 Å². The van der Waals surface area contributed by atoms with Crippen LogP contribution in [0.3, 0.4) is 0 Å². The fourth-order valence-corrected chi connectivity index (χ4v) is 3.43. The lowest BCUT2D eigenvalue weighted by Gasteiger charge is -2.27. The maximum atomic E-state index is 14.6. The number of aromatic nitrogens is 2. The minimum Gasteiger partial charge on any atom is -0.373 e. The molecule has 2 heterocycles. The molecule has 2 aromatic heterocycles. The zero-order valence-electron chi connectivity index (χ0n) is 20.0. The van der Waals surface area contributed by atoms with Gasteiger partial charge in [0.1, 0.15) is 11.6 Å². The summed E-state index contributed by atoms with van der Waals surface area (Å²) in [7, 11) is 1.76. The largest absolute Gasteiger partial charge is 0.394 e. The van der Waals surface area contributed by atoms with Crippen LogP contribution < -0.4 is 16.0 Å². The van der Waals surface area contributed by atoms with E-state index in [0.717, 1.165) is 30.3 Å². The second-order valence-corrected chi connectivity index (χ2v) is 8.79. The molecule has 0 saturated carbocycles. The first kappa shape index (κ1) is 28.1. The van der Waals surface area contributed by atoms with Gasteiger partial charge in [0.15, 0.2) is 0 Å². The third-order valence-corrected chi connectivity index (χ3v) is 5.80. The van der Waals surface area contributed by atoms with Crippen molar-refractivity contribution in [1.29, 1.82) is 0 Å². The van der Waals surface area contributed by atoms with Crippen molar-refractivity contribution in [3.05, 3.63) is 47.5 Å². The predicted molar refractivity (Wildman–Crippen MR) is 133 cm³/mol. The van der Waals surface area contributed by atoms with Crippen molar-refractivity contribution < 1.29 is 22.4 Å². The van der Waals surface area contributed by atoms with Gasteiger partial charge in [0.25, 0.3) is 0 Å². The van der Waals surface area contributed by atoms with E-state index in [1.54, 1.807) is 20.2 Å². The summed E-state index contributed by atoms with van der Waals surface area (Å²) in [5.74, 6) is 0.0278. The Morgan fingerprint density at radius 1 is 1.06 bits per heavy atom. The fraction of sp³-hybridized carbons (Fsp3) is 0.375. The van der Waals surface area contributed by atoms with Crippen molar-refractivity contribution in [3.8, 4) is 11.1 Å². The fourth-order valence-electron chi connectivity index (χ4n) is 3.43. The van der Waals surface area contributed by atoms with E-state index in [4.69, 9.17) is 0 Å². The first-order valence-corrected chi connectivity index (χ1v) is 10.7. The number of carbonyl (C=O) groups excluding carboxylic acids is 1. The van der Waals surface area contributed by atoms with E-state index in [1.165, 1.54) is 12.1 Å². The number of urea groups is 1. The Morgan fingerprint density at radius 3 is 2.37 bits per heavy atom. The maximum Gasteiger partial charge on any atom is 0.394 e. The number of fused-ring (bicyclic) bond motifs is 1. The molecule has 6 nitrogen and oxygen atoms in total. The molecule has 3 aromatic rings. The molecule has 35 heavy (non-hydrogen) atoms. The van der Waals surface area contributed by atoms with Gasteiger partial charge in [-0.2, -0.15) is 13.2 Å². The molecule has 0 bridgehead atoms. The Morgan fingerprint density at radius 2 is 1.74 bits per heavy atom. The normalized spacial score (nSPS) is 11.7. The van der Waals surface area contributed by atoms with Crippen LogP contribution in [0, 0.1) is 25.1 Å². The molecule has 0 unspecified atom stereocenters. The second kappa shape index (κ2) is 10.6. The molecule has 1 aromatic carbocycles. The van der Waals surface area contributed by atoms with E-state index in [2.05, 4.69) is 25.9 Å². The zero-order valence-corrected chi connectivity index (χ0v) is 20.8. The van der Waals surface area contributed by atoms with E-state index in [1.807, 2.05) is 19.1 Å². The van der Waals surface area contributed by atoms with E-state index < -0.39 is 23.4 Å². The number of amides is 2. The third kappa shape index (κ3) is 6.30. The number of rotatable bonds is 6. The first-order valence-electron chi connectivity index (χ1n) is 10.7. The number of hydrogen-bond acceptors (Lipinski definition) is 4. The van der Waals surface area contributed by atoms with Crippen LogP contribution in [-0.4, -0.2) is 35.8 Å². The summed E-state index contributed by atoms with van der Waals surface area (Å²) in [6, 6.07) is 5.72. The van der Waals surface area contributed by atoms with Crippen LogP contribution in [0.5, 0.6) is 0 Å². The van der Waals surface area contributed by atoms with Crippen molar-refractivity contribution in [1.82, 2.24) is 15.3 Å². The molecule has 3 rings (SSSR count). The van der Waals surface area contributed by atoms with Crippen molar-refractivity contribution in [3.63, 3.8) is 0 Å². The molecule has 0 aliphatic carbocycles. The van der Waals surface area contributed by atoms with Gasteiger partial charge in [0, 0.05) is 42.5 Å². The SMILES string of the molecule is CNc1cc2nc(C)c(-c3cc(NC(=O)NCCC(C)(C)C(F)(F)F)c(F)cc3C)cc2cn1.Cl. The lowest BCUT2D eigenvalue weighted by Crippen LogP contribution is -2.37. The molecule has 0 radical (unpaired) electrons. The Kier molecular flexibility index (Phi) is 8.54. The Labute approximate surface area is 207 Å². The van der Waals surface area contributed by atoms with Gasteiger partial charge in [-0.05, 0) is 49.6 Å². The second-order valence-electron chi connectivity index (χ2n) is 8.79. The van der Waals surface area contributed by atoms with Crippen molar-refractivity contribution in [2.24, 2.45) is 5.41 Å². The van der Waals surface area contributed by atoms with Crippen LogP contribution >= 0.6 is 12.4 Å². The summed E-state index contributed by atoms with van der Waals surface area (Å²) in [6.45, 7) is 5.49. The van der Waals surface area contributed by atoms with E-state index in [0.29, 0.717) is 22.6 Å². The highest BCUT2D eigenvalue weighted by Gasteiger charge is 2.46. The number of anilines is 2. The number of alkyl halides is 3. The number of benzene rings is 1. The number of pyridine rings is 2. The third-order valence-electron chi connectivity index (χ3n) is 5.80. The summed E-state index contributed by atoms with van der Waals surface area (Å²) in [4.78, 5) is 21.2. The standard InChI is InChI=1S/C24H27F4N5O.ClH/c1-13-8-18(25)20(33-22(34)30-7-6-23(3,4)24(26,27)28)10-16(13)17-9-15-12-31-21(29-5)11-19(15)32-14(17)2;/h8-12H,6-7H2,1-5H3,(H,29,31)(H2,30,33,34);1H. The van der Waals surface area contributed by atoms with Crippen LogP contribution in [-0.2, 0) is 0 Å². The molecular weight excluding hydrogens is 486 g/mol. The number of hydrogen-bond donors (Lipinski definition) is 3. The lowest BCUT2D eigenvalue weighted by molar-refractivity contribution is -0.213. The topological polar surface area (TPSA) is 78.9 Å². The van der Waals surface area contributed by atoms with Crippen LogP contribution in [0.15, 0.2) is 30.5 Å².